The van der Waals surface area contributed by atoms with E-state index in [4.69, 9.17) is 9.47 Å². The summed E-state index contributed by atoms with van der Waals surface area (Å²) in [5.41, 5.74) is 0.524. The average molecular weight is 367 g/mol. The molecule has 0 unspecified atom stereocenters. The maximum absolute atomic E-state index is 10.3. The van der Waals surface area contributed by atoms with Crippen molar-refractivity contribution in [1.29, 1.82) is 0 Å². The van der Waals surface area contributed by atoms with Crippen molar-refractivity contribution in [3.63, 3.8) is 0 Å². The molecule has 0 saturated carbocycles. The molecule has 0 aromatic heterocycles. The van der Waals surface area contributed by atoms with E-state index in [1.807, 2.05) is 6.07 Å². The van der Waals surface area contributed by atoms with Crippen molar-refractivity contribution in [2.24, 2.45) is 0 Å². The normalized spacial score (nSPS) is 26.8. The SMILES string of the molecule is CCCCCCCCOc1ccccc1[C]1O[C@H](CO)[C@@H](O)[C@H](O)[C@H]1O. The van der Waals surface area contributed by atoms with E-state index in [0.717, 1.165) is 12.8 Å². The molecule has 1 saturated heterocycles. The molecule has 1 fully saturated rings. The lowest BCUT2D eigenvalue weighted by Gasteiger charge is -2.39. The molecule has 26 heavy (non-hydrogen) atoms. The van der Waals surface area contributed by atoms with Crippen molar-refractivity contribution in [2.75, 3.05) is 13.2 Å². The molecule has 4 atom stereocenters. The fraction of sp³-hybridized carbons (Fsp3) is 0.650. The zero-order valence-electron chi connectivity index (χ0n) is 15.4. The molecule has 1 aliphatic rings. The van der Waals surface area contributed by atoms with E-state index >= 15 is 0 Å². The Morgan fingerprint density at radius 2 is 1.65 bits per heavy atom. The van der Waals surface area contributed by atoms with Crippen LogP contribution in [0, 0.1) is 6.10 Å². The van der Waals surface area contributed by atoms with Crippen LogP contribution in [0.15, 0.2) is 24.3 Å². The Morgan fingerprint density at radius 3 is 2.38 bits per heavy atom. The highest BCUT2D eigenvalue weighted by molar-refractivity contribution is 5.43. The van der Waals surface area contributed by atoms with Crippen molar-refractivity contribution in [1.82, 2.24) is 0 Å². The number of aliphatic hydroxyl groups excluding tert-OH is 4. The first-order valence-corrected chi connectivity index (χ1v) is 9.50. The Hall–Kier alpha value is -1.18. The van der Waals surface area contributed by atoms with Gasteiger partial charge in [0.05, 0.1) is 13.2 Å². The summed E-state index contributed by atoms with van der Waals surface area (Å²) in [7, 11) is 0. The summed E-state index contributed by atoms with van der Waals surface area (Å²) >= 11 is 0. The van der Waals surface area contributed by atoms with Crippen molar-refractivity contribution in [3.8, 4) is 5.75 Å². The minimum Gasteiger partial charge on any atom is -0.493 e. The summed E-state index contributed by atoms with van der Waals surface area (Å²) in [6, 6.07) is 7.11. The predicted octanol–water partition coefficient (Wildman–Crippen LogP) is 1.78. The maximum atomic E-state index is 10.3. The van der Waals surface area contributed by atoms with Gasteiger partial charge in [-0.15, -0.1) is 0 Å². The van der Waals surface area contributed by atoms with Gasteiger partial charge in [0.2, 0.25) is 0 Å². The molecule has 0 bridgehead atoms. The van der Waals surface area contributed by atoms with E-state index in [1.165, 1.54) is 25.7 Å². The van der Waals surface area contributed by atoms with Gasteiger partial charge in [0.25, 0.3) is 0 Å². The number of hydrogen-bond donors (Lipinski definition) is 4. The summed E-state index contributed by atoms with van der Waals surface area (Å²) in [5, 5.41) is 39.5. The number of aliphatic hydroxyl groups is 4. The second-order valence-corrected chi connectivity index (χ2v) is 6.74. The molecule has 1 heterocycles. The molecular weight excluding hydrogens is 336 g/mol. The maximum Gasteiger partial charge on any atom is 0.161 e. The lowest BCUT2D eigenvalue weighted by atomic mass is 9.91. The van der Waals surface area contributed by atoms with Crippen LogP contribution in [0.1, 0.15) is 51.0 Å². The fourth-order valence-electron chi connectivity index (χ4n) is 3.09. The lowest BCUT2D eigenvalue weighted by molar-refractivity contribution is -0.184. The summed E-state index contributed by atoms with van der Waals surface area (Å²) in [6.45, 7) is 2.28. The Morgan fingerprint density at radius 1 is 0.962 bits per heavy atom. The Balaban J connectivity index is 1.97. The van der Waals surface area contributed by atoms with E-state index in [2.05, 4.69) is 6.92 Å². The summed E-state index contributed by atoms with van der Waals surface area (Å²) < 4.78 is 11.4. The molecule has 1 radical (unpaired) electrons. The van der Waals surface area contributed by atoms with Crippen LogP contribution in [-0.2, 0) is 4.74 Å². The first-order valence-electron chi connectivity index (χ1n) is 9.50. The van der Waals surface area contributed by atoms with Gasteiger partial charge in [-0.3, -0.25) is 0 Å². The summed E-state index contributed by atoms with van der Waals surface area (Å²) in [4.78, 5) is 0. The van der Waals surface area contributed by atoms with Gasteiger partial charge in [0, 0.05) is 5.56 Å². The van der Waals surface area contributed by atoms with Gasteiger partial charge < -0.3 is 29.9 Å². The molecule has 2 rings (SSSR count). The van der Waals surface area contributed by atoms with Crippen LogP contribution in [0.2, 0.25) is 0 Å². The average Bonchev–Trinajstić information content (AvgIpc) is 2.66. The number of benzene rings is 1. The number of para-hydroxylation sites is 1. The third-order valence-electron chi connectivity index (χ3n) is 4.69. The quantitative estimate of drug-likeness (QED) is 0.471. The van der Waals surface area contributed by atoms with Crippen LogP contribution in [0.3, 0.4) is 0 Å². The third kappa shape index (κ3) is 5.41. The first kappa shape index (κ1) is 21.1. The molecule has 1 aliphatic heterocycles. The van der Waals surface area contributed by atoms with E-state index < -0.39 is 31.0 Å². The van der Waals surface area contributed by atoms with Crippen LogP contribution < -0.4 is 4.74 Å². The zero-order chi connectivity index (χ0) is 18.9. The molecule has 147 valence electrons. The highest BCUT2D eigenvalue weighted by Crippen LogP contribution is 2.36. The molecule has 4 N–H and O–H groups in total. The van der Waals surface area contributed by atoms with E-state index in [-0.39, 0.29) is 6.10 Å². The smallest absolute Gasteiger partial charge is 0.161 e. The predicted molar refractivity (Wildman–Crippen MR) is 97.6 cm³/mol. The van der Waals surface area contributed by atoms with E-state index in [0.29, 0.717) is 17.9 Å². The first-order chi connectivity index (χ1) is 12.6. The number of unbranched alkanes of at least 4 members (excludes halogenated alkanes) is 5. The molecular formula is C20H31O6. The van der Waals surface area contributed by atoms with Crippen molar-refractivity contribution >= 4 is 0 Å². The van der Waals surface area contributed by atoms with Crippen LogP contribution in [0.5, 0.6) is 5.75 Å². The molecule has 6 nitrogen and oxygen atoms in total. The molecule has 1 aromatic carbocycles. The molecule has 0 spiro atoms. The Labute approximate surface area is 155 Å². The fourth-order valence-corrected chi connectivity index (χ4v) is 3.09. The minimum absolute atomic E-state index is 0.111. The summed E-state index contributed by atoms with van der Waals surface area (Å²) in [6.07, 6.45) is 1.93. The van der Waals surface area contributed by atoms with Gasteiger partial charge in [-0.1, -0.05) is 57.2 Å². The van der Waals surface area contributed by atoms with Crippen molar-refractivity contribution < 1.29 is 29.9 Å². The highest BCUT2D eigenvalue weighted by atomic mass is 16.5. The zero-order valence-corrected chi connectivity index (χ0v) is 15.4. The standard InChI is InChI=1S/C20H31O6/c1-2-3-4-5-6-9-12-25-15-11-8-7-10-14(15)20-19(24)18(23)17(22)16(13-21)26-20/h7-8,10-11,16-19,21-24H,2-6,9,12-13H2,1H3/t16-,17-,18+,19-/m1/s1. The van der Waals surface area contributed by atoms with Crippen LogP contribution >= 0.6 is 0 Å². The highest BCUT2D eigenvalue weighted by Gasteiger charge is 2.45. The van der Waals surface area contributed by atoms with Gasteiger partial charge in [-0.05, 0) is 12.5 Å². The van der Waals surface area contributed by atoms with Crippen molar-refractivity contribution in [2.45, 2.75) is 69.9 Å². The number of ether oxygens (including phenoxy) is 2. The van der Waals surface area contributed by atoms with Gasteiger partial charge in [-0.2, -0.15) is 0 Å². The topological polar surface area (TPSA) is 99.4 Å². The molecule has 6 heteroatoms. The Kier molecular flexibility index (Phi) is 8.81. The van der Waals surface area contributed by atoms with Gasteiger partial charge in [0.15, 0.2) is 6.10 Å². The Bertz CT molecular complexity index is 521. The molecule has 1 aromatic rings. The second kappa shape index (κ2) is 10.8. The third-order valence-corrected chi connectivity index (χ3v) is 4.69. The van der Waals surface area contributed by atoms with Crippen LogP contribution in [0.4, 0.5) is 0 Å². The largest absolute Gasteiger partial charge is 0.493 e. The number of rotatable bonds is 10. The molecule has 0 aliphatic carbocycles. The number of hydrogen-bond acceptors (Lipinski definition) is 6. The van der Waals surface area contributed by atoms with E-state index in [9.17, 15) is 20.4 Å². The molecule has 0 amide bonds. The van der Waals surface area contributed by atoms with Gasteiger partial charge in [0.1, 0.15) is 30.2 Å². The van der Waals surface area contributed by atoms with Crippen LogP contribution in [0.25, 0.3) is 0 Å². The monoisotopic (exact) mass is 367 g/mol. The minimum atomic E-state index is -1.43. The van der Waals surface area contributed by atoms with Crippen molar-refractivity contribution in [3.05, 3.63) is 35.9 Å². The van der Waals surface area contributed by atoms with Gasteiger partial charge in [-0.25, -0.2) is 0 Å². The van der Waals surface area contributed by atoms with Gasteiger partial charge >= 0.3 is 0 Å². The van der Waals surface area contributed by atoms with E-state index in [1.54, 1.807) is 18.2 Å². The van der Waals surface area contributed by atoms with Crippen LogP contribution in [-0.4, -0.2) is 58.1 Å². The second-order valence-electron chi connectivity index (χ2n) is 6.74. The lowest BCUT2D eigenvalue weighted by Crippen LogP contribution is -2.55. The summed E-state index contributed by atoms with van der Waals surface area (Å²) in [5.74, 6) is 0.551.